The summed E-state index contributed by atoms with van der Waals surface area (Å²) in [7, 11) is -13.3. The lowest BCUT2D eigenvalue weighted by Gasteiger charge is -2.22. The maximum absolute atomic E-state index is 11.9. The molecular weight excluding hydrogens is 640 g/mol. The Bertz CT molecular complexity index is 844. The summed E-state index contributed by atoms with van der Waals surface area (Å²) in [6.07, 6.45) is 26.4. The zero-order valence-corrected chi connectivity index (χ0v) is 28.8. The lowest BCUT2D eigenvalue weighted by molar-refractivity contribution is -0.123. The van der Waals surface area contributed by atoms with Crippen LogP contribution >= 0.6 is 0 Å². The van der Waals surface area contributed by atoms with Crippen molar-refractivity contribution in [3.8, 4) is 0 Å². The van der Waals surface area contributed by atoms with E-state index in [-0.39, 0.29) is 6.92 Å². The van der Waals surface area contributed by atoms with Crippen molar-refractivity contribution in [2.75, 3.05) is 17.3 Å². The lowest BCUT2D eigenvalue weighted by atomic mass is 10.1. The number of alkyl halides is 6. The Balaban J connectivity index is 0. The van der Waals surface area contributed by atoms with Crippen LogP contribution in [0, 0.1) is 0 Å². The number of sulfonamides is 2. The van der Waals surface area contributed by atoms with Crippen LogP contribution in [0.25, 0.3) is 0 Å². The number of nitrogens with zero attached hydrogens (tertiary/aromatic N) is 1. The molecule has 6 nitrogen and oxygen atoms in total. The molecule has 0 aromatic carbocycles. The molecule has 1 amide bonds. The van der Waals surface area contributed by atoms with Gasteiger partial charge in [-0.25, -0.2) is 0 Å². The van der Waals surface area contributed by atoms with Crippen molar-refractivity contribution in [1.29, 1.82) is 0 Å². The van der Waals surface area contributed by atoms with Gasteiger partial charge in [-0.05, 0) is 49.4 Å². The van der Waals surface area contributed by atoms with Crippen molar-refractivity contribution in [3.63, 3.8) is 0 Å². The first-order chi connectivity index (χ1) is 19.9. The normalized spacial score (nSPS) is 12.7. The van der Waals surface area contributed by atoms with Crippen LogP contribution in [0.1, 0.15) is 143 Å². The summed E-state index contributed by atoms with van der Waals surface area (Å²) in [5.74, 6) is 2.19. The summed E-state index contributed by atoms with van der Waals surface area (Å²) < 4.78 is 112. The number of unbranched alkanes of at least 4 members (excludes halogenated alkanes) is 15. The highest BCUT2D eigenvalue weighted by Crippen LogP contribution is 2.35. The van der Waals surface area contributed by atoms with Crippen LogP contribution in [0.4, 0.5) is 26.3 Å². The zero-order chi connectivity index (χ0) is 33.6. The fraction of sp³-hybridized carbons (Fsp3) is 0.964. The molecule has 0 atom stereocenters. The van der Waals surface area contributed by atoms with E-state index in [2.05, 4.69) is 20.8 Å². The van der Waals surface area contributed by atoms with E-state index in [0.29, 0.717) is 0 Å². The topological polar surface area (TPSA) is 88.6 Å². The van der Waals surface area contributed by atoms with Crippen molar-refractivity contribution in [1.82, 2.24) is 3.71 Å². The number of amides is 1. The molecule has 0 aliphatic carbocycles. The fourth-order valence-corrected chi connectivity index (χ4v) is 9.26. The van der Waals surface area contributed by atoms with Gasteiger partial charge in [-0.3, -0.25) is 4.79 Å². The van der Waals surface area contributed by atoms with Gasteiger partial charge in [-0.15, -0.1) is 3.71 Å². The maximum Gasteiger partial charge on any atom is 0.517 e. The molecule has 0 aromatic rings. The van der Waals surface area contributed by atoms with Crippen LogP contribution in [0.15, 0.2) is 0 Å². The highest BCUT2D eigenvalue weighted by Gasteiger charge is 2.62. The SMILES string of the molecule is CC(=O)N(S(=O)(=O)C(F)(F)F)S(=O)(=O)C(F)(F)F.CCCCCCCC[S+](CCCCCCCC)CCCCCCCC. The van der Waals surface area contributed by atoms with Crippen molar-refractivity contribution in [2.45, 2.75) is 154 Å². The number of carbonyl (C=O) groups excluding carboxylic acids is 1. The molecular formula is C28H54F6NO5S3+. The average Bonchev–Trinajstić information content (AvgIpc) is 2.88. The molecule has 0 saturated carbocycles. The van der Waals surface area contributed by atoms with Gasteiger partial charge in [0, 0.05) is 6.92 Å². The third-order valence-corrected chi connectivity index (χ3v) is 13.0. The number of carbonyl (C=O) groups is 1. The molecule has 43 heavy (non-hydrogen) atoms. The van der Waals surface area contributed by atoms with E-state index in [1.54, 1.807) is 17.3 Å². The van der Waals surface area contributed by atoms with E-state index in [9.17, 15) is 48.0 Å². The Hall–Kier alpha value is -0.700. The van der Waals surface area contributed by atoms with Gasteiger partial charge in [0.2, 0.25) is 5.91 Å². The van der Waals surface area contributed by atoms with Crippen molar-refractivity contribution in [2.24, 2.45) is 0 Å². The monoisotopic (exact) mass is 694 g/mol. The first-order valence-corrected chi connectivity index (χ1v) is 20.1. The predicted molar refractivity (Wildman–Crippen MR) is 165 cm³/mol. The van der Waals surface area contributed by atoms with E-state index in [1.807, 2.05) is 0 Å². The molecule has 0 fully saturated rings. The highest BCUT2D eigenvalue weighted by molar-refractivity contribution is 8.05. The van der Waals surface area contributed by atoms with Gasteiger partial charge >= 0.3 is 31.1 Å². The van der Waals surface area contributed by atoms with Crippen molar-refractivity contribution in [3.05, 3.63) is 0 Å². The minimum absolute atomic E-state index is 0.0768. The van der Waals surface area contributed by atoms with Crippen LogP contribution in [-0.4, -0.2) is 54.7 Å². The van der Waals surface area contributed by atoms with Crippen LogP contribution in [0.3, 0.4) is 0 Å². The van der Waals surface area contributed by atoms with Crippen LogP contribution < -0.4 is 0 Å². The van der Waals surface area contributed by atoms with Gasteiger partial charge < -0.3 is 0 Å². The van der Waals surface area contributed by atoms with Gasteiger partial charge in [-0.2, -0.15) is 43.2 Å². The molecule has 0 bridgehead atoms. The van der Waals surface area contributed by atoms with Crippen molar-refractivity contribution < 1.29 is 48.0 Å². The zero-order valence-electron chi connectivity index (χ0n) is 26.3. The van der Waals surface area contributed by atoms with Gasteiger partial charge in [-0.1, -0.05) is 97.8 Å². The smallest absolute Gasteiger partial charge is 0.273 e. The Morgan fingerprint density at radius 1 is 0.512 bits per heavy atom. The summed E-state index contributed by atoms with van der Waals surface area (Å²) in [4.78, 5) is 10.5. The minimum Gasteiger partial charge on any atom is -0.273 e. The van der Waals surface area contributed by atoms with Crippen molar-refractivity contribution >= 4 is 36.8 Å². The Morgan fingerprint density at radius 2 is 0.744 bits per heavy atom. The molecule has 0 rings (SSSR count). The third kappa shape index (κ3) is 19.4. The fourth-order valence-electron chi connectivity index (χ4n) is 4.22. The number of hydrogen-bond donors (Lipinski definition) is 0. The number of halogens is 6. The quantitative estimate of drug-likeness (QED) is 0.0605. The summed E-state index contributed by atoms with van der Waals surface area (Å²) >= 11 is 0. The molecule has 0 aliphatic heterocycles. The summed E-state index contributed by atoms with van der Waals surface area (Å²) in [6, 6.07) is 0. The third-order valence-electron chi connectivity index (χ3n) is 6.64. The molecule has 0 unspecified atom stereocenters. The van der Waals surface area contributed by atoms with E-state index < -0.39 is 40.7 Å². The second-order valence-electron chi connectivity index (χ2n) is 10.6. The molecule has 0 spiro atoms. The van der Waals surface area contributed by atoms with Crippen LogP contribution in [0.2, 0.25) is 0 Å². The largest absolute Gasteiger partial charge is 0.517 e. The highest BCUT2D eigenvalue weighted by atomic mass is 32.3. The first kappa shape index (κ1) is 44.4. The summed E-state index contributed by atoms with van der Waals surface area (Å²) in [5.41, 5.74) is -12.8. The second kappa shape index (κ2) is 23.6. The lowest BCUT2D eigenvalue weighted by Crippen LogP contribution is -2.51. The van der Waals surface area contributed by atoms with Crippen LogP contribution in [-0.2, 0) is 35.7 Å². The number of rotatable bonds is 23. The summed E-state index contributed by atoms with van der Waals surface area (Å²) in [5, 5.41) is 0. The Morgan fingerprint density at radius 3 is 0.953 bits per heavy atom. The van der Waals surface area contributed by atoms with Gasteiger partial charge in [0.15, 0.2) is 0 Å². The van der Waals surface area contributed by atoms with E-state index in [0.717, 1.165) is 10.9 Å². The van der Waals surface area contributed by atoms with E-state index in [4.69, 9.17) is 0 Å². The molecule has 0 aliphatic rings. The molecule has 15 heteroatoms. The molecule has 0 radical (unpaired) electrons. The average molecular weight is 695 g/mol. The molecule has 0 aromatic heterocycles. The Kier molecular flexibility index (Phi) is 24.4. The molecule has 0 N–H and O–H groups in total. The standard InChI is InChI=1S/C24H51S.C4H3F6NO5S2/c1-4-7-10-13-16-19-22-25(23-20-17-14-11-8-5-2)24-21-18-15-12-9-6-3;1-2(12)11(17(13,14)3(5,6)7)18(15,16)4(8,9)10/h4-24H2,1-3H3;1H3/q+1;. The molecule has 0 heterocycles. The van der Waals surface area contributed by atoms with Gasteiger partial charge in [0.05, 0.1) is 0 Å². The predicted octanol–water partition coefficient (Wildman–Crippen LogP) is 9.22. The molecule has 0 saturated heterocycles. The van der Waals surface area contributed by atoms with Gasteiger partial charge in [0.1, 0.15) is 17.3 Å². The van der Waals surface area contributed by atoms with E-state index >= 15 is 0 Å². The van der Waals surface area contributed by atoms with Crippen LogP contribution in [0.5, 0.6) is 0 Å². The maximum atomic E-state index is 11.9. The second-order valence-corrected chi connectivity index (χ2v) is 16.9. The summed E-state index contributed by atoms with van der Waals surface area (Å²) in [6.45, 7) is 6.88. The van der Waals surface area contributed by atoms with E-state index in [1.165, 1.54) is 116 Å². The number of hydrogen-bond acceptors (Lipinski definition) is 5. The van der Waals surface area contributed by atoms with Gasteiger partial charge in [0.25, 0.3) is 0 Å². The molecule has 260 valence electrons. The minimum atomic E-state index is -7.00. The Labute approximate surface area is 259 Å². The first-order valence-electron chi connectivity index (χ1n) is 15.5.